The Morgan fingerprint density at radius 3 is 2.29 bits per heavy atom. The Bertz CT molecular complexity index is 358. The Morgan fingerprint density at radius 2 is 1.86 bits per heavy atom. The zero-order valence-corrected chi connectivity index (χ0v) is 14.3. The average Bonchev–Trinajstić information content (AvgIpc) is 2.31. The highest BCUT2D eigenvalue weighted by Crippen LogP contribution is 2.36. The lowest BCUT2D eigenvalue weighted by molar-refractivity contribution is -0.156. The van der Waals surface area contributed by atoms with Gasteiger partial charge in [0, 0.05) is 6.54 Å². The maximum Gasteiger partial charge on any atom is 0.309 e. The summed E-state index contributed by atoms with van der Waals surface area (Å²) in [5.41, 5.74) is -0.124. The van der Waals surface area contributed by atoms with Crippen LogP contribution in [0.1, 0.15) is 48.0 Å². The van der Waals surface area contributed by atoms with Crippen LogP contribution in [-0.4, -0.2) is 36.9 Å². The summed E-state index contributed by atoms with van der Waals surface area (Å²) in [7, 11) is 0. The molecule has 0 saturated carbocycles. The molecule has 0 bridgehead atoms. The van der Waals surface area contributed by atoms with Crippen molar-refractivity contribution in [2.45, 2.75) is 54.1 Å². The number of carbonyl (C=O) groups excluding carboxylic acids is 1. The molecule has 0 radical (unpaired) electrons. The van der Waals surface area contributed by atoms with Crippen molar-refractivity contribution in [1.82, 2.24) is 5.32 Å². The van der Waals surface area contributed by atoms with Crippen molar-refractivity contribution >= 4 is 5.97 Å². The lowest BCUT2D eigenvalue weighted by atomic mass is 9.72. The molecule has 4 nitrogen and oxygen atoms in total. The number of ether oxygens (including phenoxy) is 1. The topological polar surface area (TPSA) is 58.6 Å². The molecule has 4 heteroatoms. The molecular weight excluding hydrogens is 266 g/mol. The van der Waals surface area contributed by atoms with Gasteiger partial charge in [-0.15, -0.1) is 6.42 Å². The second-order valence-electron chi connectivity index (χ2n) is 7.80. The number of nitrogens with one attached hydrogen (secondary N) is 1. The van der Waals surface area contributed by atoms with E-state index in [0.717, 1.165) is 6.42 Å². The molecule has 0 spiro atoms. The van der Waals surface area contributed by atoms with Gasteiger partial charge in [0.1, 0.15) is 12.7 Å². The highest BCUT2D eigenvalue weighted by Gasteiger charge is 2.35. The van der Waals surface area contributed by atoms with Gasteiger partial charge in [-0.05, 0) is 17.3 Å². The van der Waals surface area contributed by atoms with Gasteiger partial charge < -0.3 is 15.2 Å². The third kappa shape index (κ3) is 9.49. The van der Waals surface area contributed by atoms with Crippen LogP contribution < -0.4 is 5.32 Å². The molecule has 0 aromatic carbocycles. The van der Waals surface area contributed by atoms with Crippen molar-refractivity contribution in [3.63, 3.8) is 0 Å². The van der Waals surface area contributed by atoms with Crippen molar-refractivity contribution in [2.24, 2.45) is 16.7 Å². The van der Waals surface area contributed by atoms with Gasteiger partial charge in [0.2, 0.25) is 0 Å². The van der Waals surface area contributed by atoms with Gasteiger partial charge in [-0.1, -0.05) is 47.5 Å². The second kappa shape index (κ2) is 8.41. The van der Waals surface area contributed by atoms with Crippen LogP contribution in [0.25, 0.3) is 0 Å². The van der Waals surface area contributed by atoms with Gasteiger partial charge in [-0.3, -0.25) is 4.79 Å². The molecule has 122 valence electrons. The summed E-state index contributed by atoms with van der Waals surface area (Å²) in [4.78, 5) is 12.3. The molecule has 0 fully saturated rings. The molecule has 2 atom stereocenters. The van der Waals surface area contributed by atoms with E-state index < -0.39 is 6.10 Å². The van der Waals surface area contributed by atoms with Crippen molar-refractivity contribution in [3.05, 3.63) is 0 Å². The van der Waals surface area contributed by atoms with Crippen LogP contribution in [-0.2, 0) is 9.53 Å². The van der Waals surface area contributed by atoms with Gasteiger partial charge in [0.25, 0.3) is 0 Å². The Hall–Kier alpha value is -1.05. The largest absolute Gasteiger partial charge is 0.463 e. The fraction of sp³-hybridized carbons (Fsp3) is 0.824. The Kier molecular flexibility index (Phi) is 7.99. The van der Waals surface area contributed by atoms with Crippen LogP contribution >= 0.6 is 0 Å². The summed E-state index contributed by atoms with van der Waals surface area (Å²) in [6.07, 6.45) is 5.12. The zero-order chi connectivity index (χ0) is 16.7. The molecule has 2 N–H and O–H groups in total. The van der Waals surface area contributed by atoms with Crippen molar-refractivity contribution in [2.75, 3.05) is 19.7 Å². The zero-order valence-electron chi connectivity index (χ0n) is 14.3. The predicted molar refractivity (Wildman–Crippen MR) is 85.7 cm³/mol. The lowest BCUT2D eigenvalue weighted by Crippen LogP contribution is -2.37. The van der Waals surface area contributed by atoms with Crippen LogP contribution in [0.5, 0.6) is 0 Å². The molecule has 0 aliphatic rings. The first-order valence-electron chi connectivity index (χ1n) is 7.46. The van der Waals surface area contributed by atoms with Gasteiger partial charge in [-0.2, -0.15) is 0 Å². The smallest absolute Gasteiger partial charge is 0.309 e. The normalized spacial score (nSPS) is 15.1. The standard InChI is InChI=1S/C17H31NO3/c1-8-9-18-11-13(19)12-21-15(20)14(17(5,6)7)10-16(2,3)4/h1,13-14,18-19H,9-12H2,2-7H3. The number of aliphatic hydroxyl groups excluding tert-OH is 1. The molecule has 0 heterocycles. The molecule has 0 aliphatic heterocycles. The highest BCUT2D eigenvalue weighted by molar-refractivity contribution is 5.73. The molecule has 2 unspecified atom stereocenters. The maximum atomic E-state index is 12.3. The number of hydrogen-bond donors (Lipinski definition) is 2. The van der Waals surface area contributed by atoms with E-state index in [0.29, 0.717) is 13.1 Å². The molecular formula is C17H31NO3. The minimum Gasteiger partial charge on any atom is -0.463 e. The molecule has 0 aromatic rings. The van der Waals surface area contributed by atoms with E-state index >= 15 is 0 Å². The van der Waals surface area contributed by atoms with Crippen molar-refractivity contribution in [3.8, 4) is 12.3 Å². The van der Waals surface area contributed by atoms with Gasteiger partial charge in [-0.25, -0.2) is 0 Å². The Balaban J connectivity index is 4.46. The molecule has 21 heavy (non-hydrogen) atoms. The van der Waals surface area contributed by atoms with E-state index in [4.69, 9.17) is 11.2 Å². The third-order valence-corrected chi connectivity index (χ3v) is 3.17. The lowest BCUT2D eigenvalue weighted by Gasteiger charge is -2.34. The number of esters is 1. The number of carbonyl (C=O) groups is 1. The molecule has 0 saturated heterocycles. The molecule has 0 aliphatic carbocycles. The summed E-state index contributed by atoms with van der Waals surface area (Å²) in [5.74, 6) is 1.99. The summed E-state index contributed by atoms with van der Waals surface area (Å²) >= 11 is 0. The fourth-order valence-electron chi connectivity index (χ4n) is 2.00. The highest BCUT2D eigenvalue weighted by atomic mass is 16.5. The summed E-state index contributed by atoms with van der Waals surface area (Å²) in [5, 5.41) is 12.6. The van der Waals surface area contributed by atoms with Crippen LogP contribution in [0.2, 0.25) is 0 Å². The molecule has 0 rings (SSSR count). The van der Waals surface area contributed by atoms with Crippen LogP contribution in [0, 0.1) is 29.1 Å². The van der Waals surface area contributed by atoms with E-state index in [9.17, 15) is 9.90 Å². The quantitative estimate of drug-likeness (QED) is 0.430. The number of hydrogen-bond acceptors (Lipinski definition) is 4. The van der Waals surface area contributed by atoms with Crippen LogP contribution in [0.15, 0.2) is 0 Å². The van der Waals surface area contributed by atoms with Crippen LogP contribution in [0.4, 0.5) is 0 Å². The first-order chi connectivity index (χ1) is 9.47. The molecule has 0 amide bonds. The average molecular weight is 297 g/mol. The van der Waals surface area contributed by atoms with Gasteiger partial charge in [0.05, 0.1) is 12.5 Å². The Labute approximate surface area is 129 Å². The van der Waals surface area contributed by atoms with E-state index in [1.54, 1.807) is 0 Å². The minimum absolute atomic E-state index is 0.00682. The van der Waals surface area contributed by atoms with E-state index in [-0.39, 0.29) is 29.3 Å². The van der Waals surface area contributed by atoms with Gasteiger partial charge >= 0.3 is 5.97 Å². The number of rotatable bonds is 7. The van der Waals surface area contributed by atoms with Gasteiger partial charge in [0.15, 0.2) is 0 Å². The summed E-state index contributed by atoms with van der Waals surface area (Å²) in [6, 6.07) is 0. The minimum atomic E-state index is -0.738. The third-order valence-electron chi connectivity index (χ3n) is 3.17. The monoisotopic (exact) mass is 297 g/mol. The predicted octanol–water partition coefficient (Wildman–Crippen LogP) is 2.21. The van der Waals surface area contributed by atoms with E-state index in [1.807, 2.05) is 20.8 Å². The molecule has 0 aromatic heterocycles. The van der Waals surface area contributed by atoms with Crippen LogP contribution in [0.3, 0.4) is 0 Å². The number of terminal acetylenes is 1. The van der Waals surface area contributed by atoms with Crippen molar-refractivity contribution < 1.29 is 14.6 Å². The maximum absolute atomic E-state index is 12.3. The van der Waals surface area contributed by atoms with E-state index in [1.165, 1.54) is 0 Å². The summed E-state index contributed by atoms with van der Waals surface area (Å²) in [6.45, 7) is 13.1. The first kappa shape index (κ1) is 19.9. The fourth-order valence-corrected chi connectivity index (χ4v) is 2.00. The Morgan fingerprint density at radius 1 is 1.29 bits per heavy atom. The first-order valence-corrected chi connectivity index (χ1v) is 7.46. The summed E-state index contributed by atoms with van der Waals surface area (Å²) < 4.78 is 5.29. The number of aliphatic hydroxyl groups is 1. The SMILES string of the molecule is C#CCNCC(O)COC(=O)C(CC(C)(C)C)C(C)(C)C. The van der Waals surface area contributed by atoms with Crippen molar-refractivity contribution in [1.29, 1.82) is 0 Å². The van der Waals surface area contributed by atoms with E-state index in [2.05, 4.69) is 32.0 Å². The second-order valence-corrected chi connectivity index (χ2v) is 7.80.